The van der Waals surface area contributed by atoms with E-state index in [9.17, 15) is 13.5 Å². The Morgan fingerprint density at radius 1 is 1.50 bits per heavy atom. The van der Waals surface area contributed by atoms with Crippen molar-refractivity contribution >= 4 is 9.84 Å². The molecule has 0 amide bonds. The average Bonchev–Trinajstić information content (AvgIpc) is 2.82. The van der Waals surface area contributed by atoms with Crippen molar-refractivity contribution in [2.75, 3.05) is 12.0 Å². The first kappa shape index (κ1) is 13.5. The average molecular weight is 272 g/mol. The van der Waals surface area contributed by atoms with E-state index in [1.807, 2.05) is 16.9 Å². The number of nitrogens with zero attached hydrogens (tertiary/aromatic N) is 2. The highest BCUT2D eigenvalue weighted by Crippen LogP contribution is 2.28. The van der Waals surface area contributed by atoms with Crippen LogP contribution in [-0.2, 0) is 16.3 Å². The molecule has 1 saturated carbocycles. The van der Waals surface area contributed by atoms with Gasteiger partial charge in [-0.25, -0.2) is 8.42 Å². The lowest BCUT2D eigenvalue weighted by molar-refractivity contribution is 0.196. The van der Waals surface area contributed by atoms with Crippen molar-refractivity contribution in [2.24, 2.45) is 0 Å². The van der Waals surface area contributed by atoms with Gasteiger partial charge < -0.3 is 5.11 Å². The maximum atomic E-state index is 11.1. The molecule has 1 aromatic rings. The van der Waals surface area contributed by atoms with Crippen LogP contribution in [0.25, 0.3) is 0 Å². The fourth-order valence-electron chi connectivity index (χ4n) is 2.51. The second kappa shape index (κ2) is 5.40. The van der Waals surface area contributed by atoms with Gasteiger partial charge in [-0.05, 0) is 18.9 Å². The SMILES string of the molecule is CS(=O)(=O)CC(O)Cc1ccn(C2CCCC2)n1. The van der Waals surface area contributed by atoms with Crippen molar-refractivity contribution in [3.63, 3.8) is 0 Å². The first-order valence-electron chi connectivity index (χ1n) is 6.34. The predicted octanol–water partition coefficient (Wildman–Crippen LogP) is 0.946. The smallest absolute Gasteiger partial charge is 0.150 e. The summed E-state index contributed by atoms with van der Waals surface area (Å²) in [6.45, 7) is 0. The van der Waals surface area contributed by atoms with Crippen LogP contribution in [0.1, 0.15) is 37.4 Å². The Balaban J connectivity index is 1.93. The number of sulfone groups is 1. The van der Waals surface area contributed by atoms with E-state index in [-0.39, 0.29) is 5.75 Å². The van der Waals surface area contributed by atoms with Crippen molar-refractivity contribution in [3.8, 4) is 0 Å². The first-order valence-corrected chi connectivity index (χ1v) is 8.40. The van der Waals surface area contributed by atoms with E-state index in [1.165, 1.54) is 12.8 Å². The molecule has 1 aliphatic carbocycles. The molecule has 1 aromatic heterocycles. The van der Waals surface area contributed by atoms with Crippen molar-refractivity contribution in [3.05, 3.63) is 18.0 Å². The fourth-order valence-corrected chi connectivity index (χ4v) is 3.33. The van der Waals surface area contributed by atoms with Gasteiger partial charge in [-0.1, -0.05) is 12.8 Å². The monoisotopic (exact) mass is 272 g/mol. The minimum absolute atomic E-state index is 0.205. The molecule has 5 nitrogen and oxygen atoms in total. The third-order valence-electron chi connectivity index (χ3n) is 3.30. The van der Waals surface area contributed by atoms with Crippen molar-refractivity contribution in [1.29, 1.82) is 0 Å². The number of hydrogen-bond donors (Lipinski definition) is 1. The molecule has 1 unspecified atom stereocenters. The van der Waals surface area contributed by atoms with E-state index in [0.717, 1.165) is 24.8 Å². The van der Waals surface area contributed by atoms with Crippen molar-refractivity contribution < 1.29 is 13.5 Å². The lowest BCUT2D eigenvalue weighted by Gasteiger charge is -2.10. The topological polar surface area (TPSA) is 72.2 Å². The highest BCUT2D eigenvalue weighted by atomic mass is 32.2. The van der Waals surface area contributed by atoms with E-state index in [2.05, 4.69) is 5.10 Å². The Kier molecular flexibility index (Phi) is 4.07. The summed E-state index contributed by atoms with van der Waals surface area (Å²) in [5.74, 6) is -0.205. The van der Waals surface area contributed by atoms with E-state index >= 15 is 0 Å². The normalized spacial score (nSPS) is 19.2. The van der Waals surface area contributed by atoms with E-state index in [4.69, 9.17) is 0 Å². The van der Waals surface area contributed by atoms with Crippen LogP contribution in [0.5, 0.6) is 0 Å². The molecule has 0 radical (unpaired) electrons. The van der Waals surface area contributed by atoms with Crippen LogP contribution in [-0.4, -0.2) is 41.4 Å². The zero-order valence-electron chi connectivity index (χ0n) is 10.6. The van der Waals surface area contributed by atoms with E-state index < -0.39 is 15.9 Å². The van der Waals surface area contributed by atoms with E-state index in [0.29, 0.717) is 12.5 Å². The van der Waals surface area contributed by atoms with Gasteiger partial charge >= 0.3 is 0 Å². The molecule has 1 atom stereocenters. The highest BCUT2D eigenvalue weighted by molar-refractivity contribution is 7.90. The molecule has 6 heteroatoms. The molecule has 2 rings (SSSR count). The van der Waals surface area contributed by atoms with Gasteiger partial charge in [0, 0.05) is 18.9 Å². The molecule has 102 valence electrons. The zero-order chi connectivity index (χ0) is 13.2. The summed E-state index contributed by atoms with van der Waals surface area (Å²) < 4.78 is 24.1. The molecule has 1 heterocycles. The van der Waals surface area contributed by atoms with E-state index in [1.54, 1.807) is 0 Å². The quantitative estimate of drug-likeness (QED) is 0.866. The van der Waals surface area contributed by atoms with Gasteiger partial charge in [-0.3, -0.25) is 4.68 Å². The summed E-state index contributed by atoms with van der Waals surface area (Å²) in [4.78, 5) is 0. The molecule has 18 heavy (non-hydrogen) atoms. The maximum Gasteiger partial charge on any atom is 0.150 e. The standard InChI is InChI=1S/C12H20N2O3S/c1-18(16,17)9-12(15)8-10-6-7-14(13-10)11-4-2-3-5-11/h6-7,11-12,15H,2-5,8-9H2,1H3. The number of aromatic nitrogens is 2. The minimum Gasteiger partial charge on any atom is -0.392 e. The Morgan fingerprint density at radius 2 is 2.17 bits per heavy atom. The molecular weight excluding hydrogens is 252 g/mol. The molecular formula is C12H20N2O3S. The van der Waals surface area contributed by atoms with Gasteiger partial charge in [-0.15, -0.1) is 0 Å². The second-order valence-electron chi connectivity index (χ2n) is 5.18. The van der Waals surface area contributed by atoms with Crippen molar-refractivity contribution in [1.82, 2.24) is 9.78 Å². The van der Waals surface area contributed by atoms with Crippen LogP contribution in [0, 0.1) is 0 Å². The summed E-state index contributed by atoms with van der Waals surface area (Å²) in [5, 5.41) is 14.1. The molecule has 1 fully saturated rings. The maximum absolute atomic E-state index is 11.1. The summed E-state index contributed by atoms with van der Waals surface area (Å²) in [6.07, 6.45) is 7.30. The number of aliphatic hydroxyl groups excluding tert-OH is 1. The summed E-state index contributed by atoms with van der Waals surface area (Å²) in [7, 11) is -3.14. The molecule has 1 aliphatic rings. The minimum atomic E-state index is -3.14. The highest BCUT2D eigenvalue weighted by Gasteiger charge is 2.19. The van der Waals surface area contributed by atoms with Gasteiger partial charge in [0.05, 0.1) is 23.6 Å². The molecule has 0 aromatic carbocycles. The number of rotatable bonds is 5. The molecule has 0 spiro atoms. The largest absolute Gasteiger partial charge is 0.392 e. The van der Waals surface area contributed by atoms with Gasteiger partial charge in [0.25, 0.3) is 0 Å². The molecule has 0 bridgehead atoms. The lowest BCUT2D eigenvalue weighted by Crippen LogP contribution is -2.22. The van der Waals surface area contributed by atoms with Gasteiger partial charge in [0.15, 0.2) is 0 Å². The summed E-state index contributed by atoms with van der Waals surface area (Å²) >= 11 is 0. The van der Waals surface area contributed by atoms with Gasteiger partial charge in [0.2, 0.25) is 0 Å². The third-order valence-corrected chi connectivity index (χ3v) is 4.29. The zero-order valence-corrected chi connectivity index (χ0v) is 11.4. The molecule has 1 N–H and O–H groups in total. The van der Waals surface area contributed by atoms with Crippen molar-refractivity contribution in [2.45, 2.75) is 44.2 Å². The van der Waals surface area contributed by atoms with Crippen LogP contribution >= 0.6 is 0 Å². The van der Waals surface area contributed by atoms with Crippen LogP contribution in [0.2, 0.25) is 0 Å². The van der Waals surface area contributed by atoms with Gasteiger partial charge in [0.1, 0.15) is 9.84 Å². The first-order chi connectivity index (χ1) is 8.44. The third kappa shape index (κ3) is 3.81. The Hall–Kier alpha value is -0.880. The Bertz CT molecular complexity index is 489. The van der Waals surface area contributed by atoms with Crippen LogP contribution < -0.4 is 0 Å². The molecule has 0 aliphatic heterocycles. The molecule has 0 saturated heterocycles. The van der Waals surface area contributed by atoms with Crippen LogP contribution in [0.15, 0.2) is 12.3 Å². The fraction of sp³-hybridized carbons (Fsp3) is 0.750. The second-order valence-corrected chi connectivity index (χ2v) is 7.36. The predicted molar refractivity (Wildman–Crippen MR) is 69.2 cm³/mol. The van der Waals surface area contributed by atoms with Gasteiger partial charge in [-0.2, -0.15) is 5.10 Å². The van der Waals surface area contributed by atoms with Crippen LogP contribution in [0.3, 0.4) is 0 Å². The van der Waals surface area contributed by atoms with Crippen LogP contribution in [0.4, 0.5) is 0 Å². The summed E-state index contributed by atoms with van der Waals surface area (Å²) in [5.41, 5.74) is 0.762. The summed E-state index contributed by atoms with van der Waals surface area (Å²) in [6, 6.07) is 2.34. The number of hydrogen-bond acceptors (Lipinski definition) is 4. The Morgan fingerprint density at radius 3 is 2.78 bits per heavy atom. The number of aliphatic hydroxyl groups is 1. The lowest BCUT2D eigenvalue weighted by atomic mass is 10.2. The Labute approximate surface area is 108 Å².